The number of oxime groups is 1. The molecule has 1 N–H and O–H groups in total. The Morgan fingerprint density at radius 1 is 1.33 bits per heavy atom. The van der Waals surface area contributed by atoms with Crippen molar-refractivity contribution in [2.24, 2.45) is 5.16 Å². The van der Waals surface area contributed by atoms with E-state index in [9.17, 15) is 9.90 Å². The number of hydrogen-bond donors (Lipinski definition) is 1. The van der Waals surface area contributed by atoms with E-state index in [4.69, 9.17) is 4.84 Å². The molecule has 0 aromatic carbocycles. The number of nitrogens with zero attached hydrogens (tertiary/aromatic N) is 1. The van der Waals surface area contributed by atoms with Crippen molar-refractivity contribution in [1.29, 1.82) is 0 Å². The standard InChI is InChI=1S/C14H25NO3/c1-2-7-13(16)10-6-11-14(17)18-15-12-8-4-3-5-9-12/h13,16H,2-11H2,1H3. The highest BCUT2D eigenvalue weighted by molar-refractivity contribution is 5.85. The predicted octanol–water partition coefficient (Wildman–Crippen LogP) is 3.18. The predicted molar refractivity (Wildman–Crippen MR) is 71.4 cm³/mol. The van der Waals surface area contributed by atoms with Crippen LogP contribution in [0, 0.1) is 0 Å². The molecule has 0 amide bonds. The summed E-state index contributed by atoms with van der Waals surface area (Å²) in [6.07, 6.45) is 8.65. The van der Waals surface area contributed by atoms with Crippen LogP contribution >= 0.6 is 0 Å². The molecule has 1 aliphatic rings. The van der Waals surface area contributed by atoms with Crippen LogP contribution in [0.5, 0.6) is 0 Å². The first kappa shape index (κ1) is 15.2. The van der Waals surface area contributed by atoms with E-state index in [1.165, 1.54) is 6.42 Å². The van der Waals surface area contributed by atoms with Crippen LogP contribution in [-0.4, -0.2) is 22.9 Å². The van der Waals surface area contributed by atoms with Gasteiger partial charge in [0.1, 0.15) is 0 Å². The summed E-state index contributed by atoms with van der Waals surface area (Å²) in [6.45, 7) is 2.04. The highest BCUT2D eigenvalue weighted by Gasteiger charge is 2.10. The molecule has 0 aromatic heterocycles. The van der Waals surface area contributed by atoms with Crippen LogP contribution in [0.15, 0.2) is 5.16 Å². The summed E-state index contributed by atoms with van der Waals surface area (Å²) in [5.41, 5.74) is 1.01. The lowest BCUT2D eigenvalue weighted by Gasteiger charge is -2.11. The van der Waals surface area contributed by atoms with Crippen LogP contribution in [0.25, 0.3) is 0 Å². The molecule has 0 aliphatic heterocycles. The number of aliphatic hydroxyl groups excluding tert-OH is 1. The summed E-state index contributed by atoms with van der Waals surface area (Å²) in [5, 5.41) is 13.4. The maximum Gasteiger partial charge on any atom is 0.335 e. The molecular weight excluding hydrogens is 230 g/mol. The molecular formula is C14H25NO3. The molecule has 0 aromatic rings. The lowest BCUT2D eigenvalue weighted by molar-refractivity contribution is -0.143. The molecule has 1 rings (SSSR count). The average molecular weight is 255 g/mol. The second-order valence-corrected chi connectivity index (χ2v) is 5.02. The van der Waals surface area contributed by atoms with Gasteiger partial charge in [-0.05, 0) is 44.9 Å². The highest BCUT2D eigenvalue weighted by atomic mass is 16.7. The molecule has 1 atom stereocenters. The van der Waals surface area contributed by atoms with E-state index in [1.54, 1.807) is 0 Å². The van der Waals surface area contributed by atoms with Crippen molar-refractivity contribution in [1.82, 2.24) is 0 Å². The molecule has 1 saturated carbocycles. The van der Waals surface area contributed by atoms with Crippen LogP contribution < -0.4 is 0 Å². The summed E-state index contributed by atoms with van der Waals surface area (Å²) in [5.74, 6) is -0.281. The Kier molecular flexibility index (Phi) is 7.65. The lowest BCUT2D eigenvalue weighted by Crippen LogP contribution is -2.09. The third-order valence-electron chi connectivity index (χ3n) is 3.25. The van der Waals surface area contributed by atoms with Gasteiger partial charge in [0, 0.05) is 6.42 Å². The van der Waals surface area contributed by atoms with Gasteiger partial charge in [-0.25, -0.2) is 4.79 Å². The zero-order valence-corrected chi connectivity index (χ0v) is 11.4. The van der Waals surface area contributed by atoms with Crippen LogP contribution in [0.2, 0.25) is 0 Å². The summed E-state index contributed by atoms with van der Waals surface area (Å²) < 4.78 is 0. The molecule has 4 heteroatoms. The first-order valence-corrected chi connectivity index (χ1v) is 7.16. The quantitative estimate of drug-likeness (QED) is 0.561. The Bertz CT molecular complexity index is 268. The van der Waals surface area contributed by atoms with E-state index in [0.717, 1.165) is 44.2 Å². The van der Waals surface area contributed by atoms with Crippen molar-refractivity contribution in [3.05, 3.63) is 0 Å². The molecule has 1 unspecified atom stereocenters. The lowest BCUT2D eigenvalue weighted by atomic mass is 9.99. The second-order valence-electron chi connectivity index (χ2n) is 5.02. The Labute approximate surface area is 109 Å². The van der Waals surface area contributed by atoms with Crippen LogP contribution in [-0.2, 0) is 9.63 Å². The zero-order chi connectivity index (χ0) is 13.2. The SMILES string of the molecule is CCCC(O)CCCC(=O)ON=C1CCCCC1. The summed E-state index contributed by atoms with van der Waals surface area (Å²) in [6, 6.07) is 0. The van der Waals surface area contributed by atoms with Gasteiger partial charge in [-0.1, -0.05) is 24.9 Å². The maximum atomic E-state index is 11.4. The van der Waals surface area contributed by atoms with Gasteiger partial charge in [0.25, 0.3) is 0 Å². The van der Waals surface area contributed by atoms with Gasteiger partial charge in [-0.2, -0.15) is 0 Å². The minimum Gasteiger partial charge on any atom is -0.393 e. The number of rotatable bonds is 7. The third-order valence-corrected chi connectivity index (χ3v) is 3.25. The van der Waals surface area contributed by atoms with Gasteiger partial charge >= 0.3 is 5.97 Å². The molecule has 0 radical (unpaired) electrons. The van der Waals surface area contributed by atoms with E-state index in [1.807, 2.05) is 6.92 Å². The Morgan fingerprint density at radius 2 is 2.06 bits per heavy atom. The molecule has 1 fully saturated rings. The van der Waals surface area contributed by atoms with Gasteiger partial charge in [-0.3, -0.25) is 0 Å². The van der Waals surface area contributed by atoms with E-state index in [0.29, 0.717) is 19.3 Å². The summed E-state index contributed by atoms with van der Waals surface area (Å²) in [7, 11) is 0. The van der Waals surface area contributed by atoms with Gasteiger partial charge < -0.3 is 9.94 Å². The summed E-state index contributed by atoms with van der Waals surface area (Å²) >= 11 is 0. The molecule has 0 saturated heterocycles. The first-order chi connectivity index (χ1) is 8.72. The minimum atomic E-state index is -0.285. The Hall–Kier alpha value is -0.900. The smallest absolute Gasteiger partial charge is 0.335 e. The Morgan fingerprint density at radius 3 is 2.72 bits per heavy atom. The fourth-order valence-electron chi connectivity index (χ4n) is 2.17. The molecule has 104 valence electrons. The number of hydrogen-bond acceptors (Lipinski definition) is 4. The largest absolute Gasteiger partial charge is 0.393 e. The van der Waals surface area contributed by atoms with Crippen LogP contribution in [0.3, 0.4) is 0 Å². The molecule has 0 heterocycles. The van der Waals surface area contributed by atoms with Gasteiger partial charge in [0.05, 0.1) is 11.8 Å². The normalized spacial score (nSPS) is 17.3. The van der Waals surface area contributed by atoms with Crippen molar-refractivity contribution in [2.75, 3.05) is 0 Å². The van der Waals surface area contributed by atoms with Crippen molar-refractivity contribution in [2.45, 2.75) is 77.2 Å². The Balaban J connectivity index is 2.09. The van der Waals surface area contributed by atoms with E-state index in [-0.39, 0.29) is 12.1 Å². The minimum absolute atomic E-state index is 0.281. The van der Waals surface area contributed by atoms with E-state index >= 15 is 0 Å². The number of carbonyl (C=O) groups is 1. The molecule has 0 bridgehead atoms. The zero-order valence-electron chi connectivity index (χ0n) is 11.4. The average Bonchev–Trinajstić information content (AvgIpc) is 2.38. The van der Waals surface area contributed by atoms with Gasteiger partial charge in [0.15, 0.2) is 0 Å². The molecule has 0 spiro atoms. The highest BCUT2D eigenvalue weighted by Crippen LogP contribution is 2.15. The van der Waals surface area contributed by atoms with Gasteiger partial charge in [-0.15, -0.1) is 0 Å². The molecule has 1 aliphatic carbocycles. The third kappa shape index (κ3) is 6.74. The van der Waals surface area contributed by atoms with E-state index < -0.39 is 0 Å². The number of aliphatic hydroxyl groups is 1. The molecule has 4 nitrogen and oxygen atoms in total. The van der Waals surface area contributed by atoms with Gasteiger partial charge in [0.2, 0.25) is 0 Å². The van der Waals surface area contributed by atoms with E-state index in [2.05, 4.69) is 5.16 Å². The fraction of sp³-hybridized carbons (Fsp3) is 0.857. The maximum absolute atomic E-state index is 11.4. The number of carbonyl (C=O) groups excluding carboxylic acids is 1. The monoisotopic (exact) mass is 255 g/mol. The fourth-order valence-corrected chi connectivity index (χ4v) is 2.17. The van der Waals surface area contributed by atoms with Crippen LogP contribution in [0.4, 0.5) is 0 Å². The second kappa shape index (κ2) is 9.09. The summed E-state index contributed by atoms with van der Waals surface area (Å²) in [4.78, 5) is 16.3. The molecule has 18 heavy (non-hydrogen) atoms. The van der Waals surface area contributed by atoms with Crippen molar-refractivity contribution in [3.63, 3.8) is 0 Å². The first-order valence-electron chi connectivity index (χ1n) is 7.16. The topological polar surface area (TPSA) is 58.9 Å². The van der Waals surface area contributed by atoms with Crippen LogP contribution in [0.1, 0.15) is 71.1 Å². The van der Waals surface area contributed by atoms with Crippen molar-refractivity contribution < 1.29 is 14.7 Å². The van der Waals surface area contributed by atoms with Crippen molar-refractivity contribution >= 4 is 11.7 Å². The van der Waals surface area contributed by atoms with Crippen molar-refractivity contribution in [3.8, 4) is 0 Å².